The van der Waals surface area contributed by atoms with E-state index in [1.165, 1.54) is 51.6 Å². The molecule has 96 valence electrons. The van der Waals surface area contributed by atoms with Crippen LogP contribution in [0, 0.1) is 17.3 Å². The molecule has 0 aromatic carbocycles. The summed E-state index contributed by atoms with van der Waals surface area (Å²) in [6.45, 7) is 11.9. The molecule has 0 heterocycles. The van der Waals surface area contributed by atoms with Crippen LogP contribution in [-0.2, 0) is 0 Å². The summed E-state index contributed by atoms with van der Waals surface area (Å²) in [5.74, 6) is 1.95. The van der Waals surface area contributed by atoms with Gasteiger partial charge in [0.2, 0.25) is 0 Å². The molecule has 0 aliphatic heterocycles. The standard InChI is InChI=1S/C15H31N/c1-5-10-16-12-15(4,14-8-9-14)11-13(6-2)7-3/h13-14,16H,5-12H2,1-4H3. The number of rotatable bonds is 9. The van der Waals surface area contributed by atoms with Crippen LogP contribution < -0.4 is 5.32 Å². The quantitative estimate of drug-likeness (QED) is 0.579. The van der Waals surface area contributed by atoms with E-state index in [2.05, 4.69) is 33.0 Å². The van der Waals surface area contributed by atoms with Gasteiger partial charge in [0.15, 0.2) is 0 Å². The summed E-state index contributed by atoms with van der Waals surface area (Å²) in [6.07, 6.45) is 8.35. The van der Waals surface area contributed by atoms with Crippen molar-refractivity contribution >= 4 is 0 Å². The van der Waals surface area contributed by atoms with E-state index in [9.17, 15) is 0 Å². The largest absolute Gasteiger partial charge is 0.316 e. The van der Waals surface area contributed by atoms with Crippen LogP contribution in [0.25, 0.3) is 0 Å². The van der Waals surface area contributed by atoms with Crippen molar-refractivity contribution < 1.29 is 0 Å². The Balaban J connectivity index is 2.43. The summed E-state index contributed by atoms with van der Waals surface area (Å²) in [7, 11) is 0. The predicted molar refractivity (Wildman–Crippen MR) is 72.7 cm³/mol. The zero-order chi connectivity index (χ0) is 12.0. The summed E-state index contributed by atoms with van der Waals surface area (Å²) >= 11 is 0. The first-order valence-electron chi connectivity index (χ1n) is 7.37. The summed E-state index contributed by atoms with van der Waals surface area (Å²) < 4.78 is 0. The number of nitrogens with one attached hydrogen (secondary N) is 1. The molecule has 1 nitrogen and oxygen atoms in total. The average molecular weight is 225 g/mol. The topological polar surface area (TPSA) is 12.0 Å². The lowest BCUT2D eigenvalue weighted by Crippen LogP contribution is -2.35. The minimum absolute atomic E-state index is 0.575. The van der Waals surface area contributed by atoms with Gasteiger partial charge in [-0.25, -0.2) is 0 Å². The minimum atomic E-state index is 0.575. The fraction of sp³-hybridized carbons (Fsp3) is 1.00. The third kappa shape index (κ3) is 4.08. The van der Waals surface area contributed by atoms with E-state index in [-0.39, 0.29) is 0 Å². The van der Waals surface area contributed by atoms with Crippen molar-refractivity contribution in [3.8, 4) is 0 Å². The van der Waals surface area contributed by atoms with Crippen molar-refractivity contribution in [1.82, 2.24) is 5.32 Å². The minimum Gasteiger partial charge on any atom is -0.316 e. The molecule has 1 unspecified atom stereocenters. The van der Waals surface area contributed by atoms with E-state index in [0.717, 1.165) is 11.8 Å². The Morgan fingerprint density at radius 3 is 2.25 bits per heavy atom. The maximum Gasteiger partial charge on any atom is 0.000791 e. The third-order valence-corrected chi connectivity index (χ3v) is 4.43. The van der Waals surface area contributed by atoms with Crippen LogP contribution in [0.5, 0.6) is 0 Å². The second-order valence-electron chi connectivity index (χ2n) is 5.99. The highest BCUT2D eigenvalue weighted by Gasteiger charge is 2.41. The molecule has 1 aliphatic rings. The van der Waals surface area contributed by atoms with Gasteiger partial charge in [-0.1, -0.05) is 40.5 Å². The molecule has 1 rings (SSSR count). The molecule has 1 aliphatic carbocycles. The van der Waals surface area contributed by atoms with Gasteiger partial charge >= 0.3 is 0 Å². The molecule has 0 saturated heterocycles. The van der Waals surface area contributed by atoms with Crippen LogP contribution in [-0.4, -0.2) is 13.1 Å². The van der Waals surface area contributed by atoms with Crippen LogP contribution in [0.4, 0.5) is 0 Å². The van der Waals surface area contributed by atoms with Crippen LogP contribution in [0.1, 0.15) is 66.2 Å². The summed E-state index contributed by atoms with van der Waals surface area (Å²) in [6, 6.07) is 0. The molecular formula is C15H31N. The molecular weight excluding hydrogens is 194 g/mol. The zero-order valence-electron chi connectivity index (χ0n) is 11.8. The highest BCUT2D eigenvalue weighted by atomic mass is 14.9. The fourth-order valence-electron chi connectivity index (χ4n) is 2.95. The smallest absolute Gasteiger partial charge is 0.000791 e. The molecule has 0 aromatic heterocycles. The van der Waals surface area contributed by atoms with Crippen LogP contribution in [0.2, 0.25) is 0 Å². The van der Waals surface area contributed by atoms with Crippen molar-refractivity contribution in [3.63, 3.8) is 0 Å². The van der Waals surface area contributed by atoms with E-state index < -0.39 is 0 Å². The Bertz CT molecular complexity index is 182. The molecule has 16 heavy (non-hydrogen) atoms. The normalized spacial score (nSPS) is 20.1. The Morgan fingerprint density at radius 1 is 1.19 bits per heavy atom. The first kappa shape index (κ1) is 14.0. The summed E-state index contributed by atoms with van der Waals surface area (Å²) in [5, 5.41) is 3.65. The molecule has 0 bridgehead atoms. The lowest BCUT2D eigenvalue weighted by Gasteiger charge is -2.33. The van der Waals surface area contributed by atoms with Gasteiger partial charge in [0.1, 0.15) is 0 Å². The molecule has 1 atom stereocenters. The van der Waals surface area contributed by atoms with Crippen LogP contribution in [0.15, 0.2) is 0 Å². The molecule has 0 aromatic rings. The van der Waals surface area contributed by atoms with E-state index in [0.29, 0.717) is 5.41 Å². The molecule has 1 fully saturated rings. The molecule has 1 heteroatoms. The maximum absolute atomic E-state index is 3.65. The van der Waals surface area contributed by atoms with Gasteiger partial charge in [-0.15, -0.1) is 0 Å². The van der Waals surface area contributed by atoms with E-state index in [1.54, 1.807) is 0 Å². The highest BCUT2D eigenvalue weighted by Crippen LogP contribution is 2.49. The van der Waals surface area contributed by atoms with Gasteiger partial charge in [0.05, 0.1) is 0 Å². The van der Waals surface area contributed by atoms with Gasteiger partial charge in [-0.2, -0.15) is 0 Å². The van der Waals surface area contributed by atoms with Crippen molar-refractivity contribution in [3.05, 3.63) is 0 Å². The Hall–Kier alpha value is -0.0400. The van der Waals surface area contributed by atoms with E-state index >= 15 is 0 Å². The number of hydrogen-bond acceptors (Lipinski definition) is 1. The fourth-order valence-corrected chi connectivity index (χ4v) is 2.95. The monoisotopic (exact) mass is 225 g/mol. The second kappa shape index (κ2) is 6.64. The maximum atomic E-state index is 3.65. The lowest BCUT2D eigenvalue weighted by atomic mass is 9.75. The number of hydrogen-bond donors (Lipinski definition) is 1. The van der Waals surface area contributed by atoms with E-state index in [4.69, 9.17) is 0 Å². The van der Waals surface area contributed by atoms with Crippen LogP contribution >= 0.6 is 0 Å². The predicted octanol–water partition coefficient (Wildman–Crippen LogP) is 4.23. The van der Waals surface area contributed by atoms with Gasteiger partial charge < -0.3 is 5.32 Å². The van der Waals surface area contributed by atoms with Crippen molar-refractivity contribution in [1.29, 1.82) is 0 Å². The van der Waals surface area contributed by atoms with Gasteiger partial charge in [-0.3, -0.25) is 0 Å². The first-order valence-corrected chi connectivity index (χ1v) is 7.37. The average Bonchev–Trinajstić information content (AvgIpc) is 3.10. The molecule has 1 N–H and O–H groups in total. The molecule has 0 radical (unpaired) electrons. The Kier molecular flexibility index (Phi) is 5.82. The zero-order valence-corrected chi connectivity index (χ0v) is 11.8. The second-order valence-corrected chi connectivity index (χ2v) is 5.99. The van der Waals surface area contributed by atoms with Crippen molar-refractivity contribution in [2.24, 2.45) is 17.3 Å². The highest BCUT2D eigenvalue weighted by molar-refractivity contribution is 4.93. The van der Waals surface area contributed by atoms with Gasteiger partial charge in [-0.05, 0) is 49.5 Å². The Morgan fingerprint density at radius 2 is 1.81 bits per heavy atom. The molecule has 1 saturated carbocycles. The summed E-state index contributed by atoms with van der Waals surface area (Å²) in [4.78, 5) is 0. The Labute approximate surface area is 102 Å². The van der Waals surface area contributed by atoms with Gasteiger partial charge in [0, 0.05) is 6.54 Å². The van der Waals surface area contributed by atoms with Crippen molar-refractivity contribution in [2.75, 3.05) is 13.1 Å². The van der Waals surface area contributed by atoms with Gasteiger partial charge in [0.25, 0.3) is 0 Å². The van der Waals surface area contributed by atoms with Crippen LogP contribution in [0.3, 0.4) is 0 Å². The molecule has 0 amide bonds. The van der Waals surface area contributed by atoms with Crippen molar-refractivity contribution in [2.45, 2.75) is 66.2 Å². The first-order chi connectivity index (χ1) is 7.66. The third-order valence-electron chi connectivity index (χ3n) is 4.43. The lowest BCUT2D eigenvalue weighted by molar-refractivity contribution is 0.188. The SMILES string of the molecule is CCCNCC(C)(CC(CC)CC)C1CC1. The van der Waals surface area contributed by atoms with E-state index in [1.807, 2.05) is 0 Å². The summed E-state index contributed by atoms with van der Waals surface area (Å²) in [5.41, 5.74) is 0.575. The molecule has 0 spiro atoms.